The molecule has 0 unspecified atom stereocenters. The standard InChI is InChI=1S/C13H22N2O2S/c1-5-15(18(16,17)6-2)11-12-7-9-13(10-8-12)14(3)4/h7-10H,5-6,11H2,1-4H3. The Balaban J connectivity index is 2.83. The van der Waals surface area contributed by atoms with Gasteiger partial charge in [0.15, 0.2) is 0 Å². The minimum atomic E-state index is -3.11. The Morgan fingerprint density at radius 1 is 1.06 bits per heavy atom. The number of hydrogen-bond donors (Lipinski definition) is 0. The van der Waals surface area contributed by atoms with E-state index in [-0.39, 0.29) is 5.75 Å². The monoisotopic (exact) mass is 270 g/mol. The molecule has 0 N–H and O–H groups in total. The van der Waals surface area contributed by atoms with Crippen LogP contribution in [0.5, 0.6) is 0 Å². The van der Waals surface area contributed by atoms with Crippen LogP contribution in [0.4, 0.5) is 5.69 Å². The predicted octanol–water partition coefficient (Wildman–Crippen LogP) is 1.92. The zero-order valence-electron chi connectivity index (χ0n) is 11.5. The first-order chi connectivity index (χ1) is 8.40. The van der Waals surface area contributed by atoms with E-state index in [2.05, 4.69) is 0 Å². The van der Waals surface area contributed by atoms with Gasteiger partial charge in [-0.05, 0) is 24.6 Å². The topological polar surface area (TPSA) is 40.6 Å². The Bertz CT molecular complexity index is 466. The highest BCUT2D eigenvalue weighted by Crippen LogP contribution is 2.15. The Kier molecular flexibility index (Phi) is 5.16. The van der Waals surface area contributed by atoms with Crippen molar-refractivity contribution >= 4 is 15.7 Å². The van der Waals surface area contributed by atoms with Crippen molar-refractivity contribution in [1.29, 1.82) is 0 Å². The van der Waals surface area contributed by atoms with Crippen LogP contribution >= 0.6 is 0 Å². The largest absolute Gasteiger partial charge is 0.378 e. The van der Waals surface area contributed by atoms with Gasteiger partial charge in [-0.15, -0.1) is 0 Å². The first-order valence-corrected chi connectivity index (χ1v) is 7.75. The molecule has 0 saturated heterocycles. The summed E-state index contributed by atoms with van der Waals surface area (Å²) in [6.07, 6.45) is 0. The number of anilines is 1. The highest BCUT2D eigenvalue weighted by molar-refractivity contribution is 7.89. The van der Waals surface area contributed by atoms with Crippen LogP contribution in [0.3, 0.4) is 0 Å². The third kappa shape index (κ3) is 3.71. The minimum Gasteiger partial charge on any atom is -0.378 e. The van der Waals surface area contributed by atoms with Gasteiger partial charge in [0.2, 0.25) is 10.0 Å². The van der Waals surface area contributed by atoms with E-state index in [9.17, 15) is 8.42 Å². The first kappa shape index (κ1) is 15.0. The summed E-state index contributed by atoms with van der Waals surface area (Å²) >= 11 is 0. The van der Waals surface area contributed by atoms with Crippen LogP contribution in [0.2, 0.25) is 0 Å². The quantitative estimate of drug-likeness (QED) is 0.793. The van der Waals surface area contributed by atoms with Gasteiger partial charge >= 0.3 is 0 Å². The summed E-state index contributed by atoms with van der Waals surface area (Å²) in [5, 5.41) is 0. The van der Waals surface area contributed by atoms with Gasteiger partial charge in [0.25, 0.3) is 0 Å². The third-order valence-electron chi connectivity index (χ3n) is 2.92. The highest BCUT2D eigenvalue weighted by atomic mass is 32.2. The highest BCUT2D eigenvalue weighted by Gasteiger charge is 2.17. The molecular weight excluding hydrogens is 248 g/mol. The predicted molar refractivity (Wildman–Crippen MR) is 76.3 cm³/mol. The Morgan fingerprint density at radius 2 is 1.61 bits per heavy atom. The van der Waals surface area contributed by atoms with E-state index in [4.69, 9.17) is 0 Å². The summed E-state index contributed by atoms with van der Waals surface area (Å²) < 4.78 is 25.2. The summed E-state index contributed by atoms with van der Waals surface area (Å²) in [6, 6.07) is 7.95. The van der Waals surface area contributed by atoms with Crippen LogP contribution in [-0.4, -0.2) is 39.1 Å². The molecule has 0 radical (unpaired) electrons. The van der Waals surface area contributed by atoms with Crippen molar-refractivity contribution in [2.24, 2.45) is 0 Å². The van der Waals surface area contributed by atoms with E-state index in [1.807, 2.05) is 50.2 Å². The molecule has 1 rings (SSSR count). The van der Waals surface area contributed by atoms with Crippen LogP contribution in [0.15, 0.2) is 24.3 Å². The van der Waals surface area contributed by atoms with Crippen LogP contribution in [0.25, 0.3) is 0 Å². The van der Waals surface area contributed by atoms with E-state index >= 15 is 0 Å². The zero-order valence-corrected chi connectivity index (χ0v) is 12.4. The van der Waals surface area contributed by atoms with Crippen LogP contribution in [0.1, 0.15) is 19.4 Å². The second-order valence-electron chi connectivity index (χ2n) is 4.39. The molecule has 0 bridgehead atoms. The molecule has 0 aromatic heterocycles. The second-order valence-corrected chi connectivity index (χ2v) is 6.65. The number of benzene rings is 1. The van der Waals surface area contributed by atoms with Crippen molar-refractivity contribution in [3.63, 3.8) is 0 Å². The molecule has 0 amide bonds. The maximum Gasteiger partial charge on any atom is 0.214 e. The van der Waals surface area contributed by atoms with Gasteiger partial charge < -0.3 is 4.90 Å². The Hall–Kier alpha value is -1.07. The van der Waals surface area contributed by atoms with Crippen LogP contribution < -0.4 is 4.90 Å². The summed E-state index contributed by atoms with van der Waals surface area (Å²) in [4.78, 5) is 2.02. The smallest absolute Gasteiger partial charge is 0.214 e. The molecule has 1 aromatic carbocycles. The number of nitrogens with zero attached hydrogens (tertiary/aromatic N) is 2. The lowest BCUT2D eigenvalue weighted by Crippen LogP contribution is -2.31. The van der Waals surface area contributed by atoms with E-state index in [1.165, 1.54) is 4.31 Å². The molecular formula is C13H22N2O2S. The van der Waals surface area contributed by atoms with Gasteiger partial charge in [0.1, 0.15) is 0 Å². The molecule has 5 heteroatoms. The maximum absolute atomic E-state index is 11.8. The van der Waals surface area contributed by atoms with Crippen molar-refractivity contribution in [2.75, 3.05) is 31.3 Å². The normalized spacial score (nSPS) is 11.8. The average Bonchev–Trinajstić information content (AvgIpc) is 2.36. The maximum atomic E-state index is 11.8. The summed E-state index contributed by atoms with van der Waals surface area (Å²) in [6.45, 7) is 4.49. The number of sulfonamides is 1. The van der Waals surface area contributed by atoms with Gasteiger partial charge in [-0.25, -0.2) is 8.42 Å². The summed E-state index contributed by atoms with van der Waals surface area (Å²) in [5.41, 5.74) is 2.12. The summed E-state index contributed by atoms with van der Waals surface area (Å²) in [7, 11) is 0.850. The lowest BCUT2D eigenvalue weighted by atomic mass is 10.2. The molecule has 0 atom stereocenters. The molecule has 4 nitrogen and oxygen atoms in total. The molecule has 0 spiro atoms. The van der Waals surface area contributed by atoms with E-state index in [0.717, 1.165) is 11.3 Å². The number of hydrogen-bond acceptors (Lipinski definition) is 3. The van der Waals surface area contributed by atoms with Gasteiger partial charge in [-0.3, -0.25) is 0 Å². The van der Waals surface area contributed by atoms with Gasteiger partial charge in [0.05, 0.1) is 5.75 Å². The molecule has 1 aromatic rings. The second kappa shape index (κ2) is 6.20. The lowest BCUT2D eigenvalue weighted by Gasteiger charge is -2.20. The lowest BCUT2D eigenvalue weighted by molar-refractivity contribution is 0.424. The van der Waals surface area contributed by atoms with Gasteiger partial charge in [-0.2, -0.15) is 4.31 Å². The zero-order chi connectivity index (χ0) is 13.8. The molecule has 0 heterocycles. The molecule has 0 aliphatic heterocycles. The fourth-order valence-corrected chi connectivity index (χ4v) is 2.80. The van der Waals surface area contributed by atoms with Crippen molar-refractivity contribution in [3.8, 4) is 0 Å². The fraction of sp³-hybridized carbons (Fsp3) is 0.538. The fourth-order valence-electron chi connectivity index (χ4n) is 1.69. The van der Waals surface area contributed by atoms with Crippen molar-refractivity contribution < 1.29 is 8.42 Å². The number of rotatable bonds is 6. The molecule has 0 saturated carbocycles. The molecule has 102 valence electrons. The average molecular weight is 270 g/mol. The summed E-state index contributed by atoms with van der Waals surface area (Å²) in [5.74, 6) is 0.149. The Labute approximate surface area is 110 Å². The van der Waals surface area contributed by atoms with E-state index < -0.39 is 10.0 Å². The van der Waals surface area contributed by atoms with Crippen LogP contribution in [-0.2, 0) is 16.6 Å². The first-order valence-electron chi connectivity index (χ1n) is 6.14. The van der Waals surface area contributed by atoms with Crippen LogP contribution in [0, 0.1) is 0 Å². The van der Waals surface area contributed by atoms with Gasteiger partial charge in [0, 0.05) is 32.9 Å². The van der Waals surface area contributed by atoms with E-state index in [0.29, 0.717) is 13.1 Å². The van der Waals surface area contributed by atoms with E-state index in [1.54, 1.807) is 6.92 Å². The van der Waals surface area contributed by atoms with Crippen molar-refractivity contribution in [3.05, 3.63) is 29.8 Å². The third-order valence-corrected chi connectivity index (χ3v) is 4.83. The van der Waals surface area contributed by atoms with Gasteiger partial charge in [-0.1, -0.05) is 19.1 Å². The molecule has 0 aliphatic carbocycles. The SMILES string of the molecule is CCN(Cc1ccc(N(C)C)cc1)S(=O)(=O)CC. The van der Waals surface area contributed by atoms with Crippen molar-refractivity contribution in [2.45, 2.75) is 20.4 Å². The Morgan fingerprint density at radius 3 is 2.00 bits per heavy atom. The van der Waals surface area contributed by atoms with Crippen molar-refractivity contribution in [1.82, 2.24) is 4.31 Å². The molecule has 0 fully saturated rings. The molecule has 18 heavy (non-hydrogen) atoms. The molecule has 0 aliphatic rings. The minimum absolute atomic E-state index is 0.149.